The van der Waals surface area contributed by atoms with Crippen LogP contribution in [0.15, 0.2) is 30.3 Å². The normalized spacial score (nSPS) is 11.9. The number of hydrogen-bond acceptors (Lipinski definition) is 7. The molecule has 0 unspecified atom stereocenters. The van der Waals surface area contributed by atoms with Gasteiger partial charge in [-0.15, -0.1) is 0 Å². The number of rotatable bonds is 22. The summed E-state index contributed by atoms with van der Waals surface area (Å²) in [5, 5.41) is 1.08. The van der Waals surface area contributed by atoms with Gasteiger partial charge >= 0.3 is 17.6 Å². The van der Waals surface area contributed by atoms with Crippen LogP contribution in [0.2, 0.25) is 6.04 Å². The van der Waals surface area contributed by atoms with Gasteiger partial charge in [-0.3, -0.25) is 0 Å². The largest absolute Gasteiger partial charge is 0.537 e. The van der Waals surface area contributed by atoms with Crippen molar-refractivity contribution in [2.24, 2.45) is 5.73 Å². The first-order chi connectivity index (χ1) is 17.5. The molecule has 1 rings (SSSR count). The lowest BCUT2D eigenvalue weighted by Crippen LogP contribution is -2.57. The topological polar surface area (TPSA) is 81.4 Å². The summed E-state index contributed by atoms with van der Waals surface area (Å²) in [6.07, 6.45) is 7.35. The van der Waals surface area contributed by atoms with Crippen molar-refractivity contribution in [1.82, 2.24) is 0 Å². The van der Waals surface area contributed by atoms with Crippen molar-refractivity contribution in [3.05, 3.63) is 30.3 Å². The SMILES string of the molecule is CCCCO[Si](OCCCC)(OCCCC)c1ccccc1.CCO[Si](CCCN)(OCC)OCC. The average Bonchev–Trinajstić information content (AvgIpc) is 2.89. The van der Waals surface area contributed by atoms with Crippen LogP contribution in [0.4, 0.5) is 0 Å². The maximum absolute atomic E-state index is 6.24. The molecule has 1 aromatic carbocycles. The van der Waals surface area contributed by atoms with Crippen molar-refractivity contribution in [2.75, 3.05) is 46.2 Å². The lowest BCUT2D eigenvalue weighted by molar-refractivity contribution is 0.0696. The maximum atomic E-state index is 6.24. The molecule has 0 aliphatic rings. The van der Waals surface area contributed by atoms with E-state index in [1.807, 2.05) is 39.0 Å². The van der Waals surface area contributed by atoms with Crippen molar-refractivity contribution in [1.29, 1.82) is 0 Å². The molecule has 0 saturated carbocycles. The third-order valence-corrected chi connectivity index (χ3v) is 11.2. The molecule has 0 aliphatic carbocycles. The Labute approximate surface area is 224 Å². The van der Waals surface area contributed by atoms with E-state index in [1.54, 1.807) is 0 Å². The van der Waals surface area contributed by atoms with E-state index in [9.17, 15) is 0 Å². The van der Waals surface area contributed by atoms with Crippen molar-refractivity contribution in [3.63, 3.8) is 0 Å². The molecule has 212 valence electrons. The van der Waals surface area contributed by atoms with E-state index < -0.39 is 17.6 Å². The zero-order valence-corrected chi connectivity index (χ0v) is 26.0. The molecular formula is C27H55NO6Si2. The Morgan fingerprint density at radius 1 is 0.583 bits per heavy atom. The van der Waals surface area contributed by atoms with Gasteiger partial charge in [0.2, 0.25) is 0 Å². The van der Waals surface area contributed by atoms with Gasteiger partial charge in [0.05, 0.1) is 0 Å². The standard InChI is InChI=1S/C18H32O3Si.C9H23NO3Si/c1-4-7-15-19-22(20-16-8-5-2,21-17-9-6-3)18-13-11-10-12-14-18;1-4-11-14(12-5-2,13-6-3)9-7-8-10/h10-14H,4-9,15-17H2,1-3H3;4-10H2,1-3H3. The lowest BCUT2D eigenvalue weighted by Gasteiger charge is -2.30. The fourth-order valence-electron chi connectivity index (χ4n) is 3.39. The minimum atomic E-state index is -2.78. The third kappa shape index (κ3) is 14.9. The molecule has 0 fully saturated rings. The van der Waals surface area contributed by atoms with Crippen LogP contribution in [0.25, 0.3) is 0 Å². The summed E-state index contributed by atoms with van der Waals surface area (Å²) in [4.78, 5) is 0. The molecule has 0 amide bonds. The molecule has 0 aromatic heterocycles. The summed E-state index contributed by atoms with van der Waals surface area (Å²) in [6.45, 7) is 17.1. The van der Waals surface area contributed by atoms with Crippen LogP contribution in [-0.2, 0) is 26.6 Å². The molecular weight excluding hydrogens is 490 g/mol. The highest BCUT2D eigenvalue weighted by Crippen LogP contribution is 2.17. The Kier molecular flexibility index (Phi) is 23.1. The monoisotopic (exact) mass is 545 g/mol. The zero-order chi connectivity index (χ0) is 27.0. The van der Waals surface area contributed by atoms with Crippen LogP contribution in [0, 0.1) is 0 Å². The van der Waals surface area contributed by atoms with Gasteiger partial charge in [-0.2, -0.15) is 0 Å². The second kappa shape index (κ2) is 23.5. The third-order valence-electron chi connectivity index (χ3n) is 5.28. The van der Waals surface area contributed by atoms with Crippen molar-refractivity contribution < 1.29 is 26.6 Å². The predicted molar refractivity (Wildman–Crippen MR) is 154 cm³/mol. The molecule has 0 aliphatic heterocycles. The Balaban J connectivity index is 0.000000757. The average molecular weight is 546 g/mol. The smallest absolute Gasteiger partial charge is 0.374 e. The molecule has 36 heavy (non-hydrogen) atoms. The second-order valence-corrected chi connectivity index (χ2v) is 13.7. The predicted octanol–water partition coefficient (Wildman–Crippen LogP) is 5.67. The lowest BCUT2D eigenvalue weighted by atomic mass is 10.4. The van der Waals surface area contributed by atoms with Gasteiger partial charge in [0.1, 0.15) is 0 Å². The van der Waals surface area contributed by atoms with E-state index in [0.29, 0.717) is 46.2 Å². The van der Waals surface area contributed by atoms with Gasteiger partial charge in [-0.1, -0.05) is 70.4 Å². The van der Waals surface area contributed by atoms with Gasteiger partial charge in [-0.05, 0) is 53.0 Å². The van der Waals surface area contributed by atoms with E-state index >= 15 is 0 Å². The minimum Gasteiger partial charge on any atom is -0.374 e. The molecule has 1 aromatic rings. The highest BCUT2D eigenvalue weighted by atomic mass is 28.4. The maximum Gasteiger partial charge on any atom is 0.537 e. The molecule has 0 saturated heterocycles. The Morgan fingerprint density at radius 3 is 1.33 bits per heavy atom. The van der Waals surface area contributed by atoms with Crippen LogP contribution in [0.1, 0.15) is 86.5 Å². The Hall–Kier alpha value is -0.626. The number of unbranched alkanes of at least 4 members (excludes halogenated alkanes) is 3. The summed E-state index contributed by atoms with van der Waals surface area (Å²) in [5.41, 5.74) is 5.48. The summed E-state index contributed by atoms with van der Waals surface area (Å²) in [5.74, 6) is 0. The van der Waals surface area contributed by atoms with E-state index in [-0.39, 0.29) is 0 Å². The number of nitrogens with two attached hydrogens (primary N) is 1. The van der Waals surface area contributed by atoms with Crippen molar-refractivity contribution in [2.45, 2.75) is 92.5 Å². The van der Waals surface area contributed by atoms with Gasteiger partial charge in [0.25, 0.3) is 0 Å². The summed E-state index contributed by atoms with van der Waals surface area (Å²) in [6, 6.07) is 11.1. The number of hydrogen-bond donors (Lipinski definition) is 1. The first-order valence-corrected chi connectivity index (χ1v) is 17.8. The minimum absolute atomic E-state index is 0.636. The summed E-state index contributed by atoms with van der Waals surface area (Å²) < 4.78 is 35.7. The molecule has 7 nitrogen and oxygen atoms in total. The first kappa shape index (κ1) is 35.4. The van der Waals surface area contributed by atoms with Gasteiger partial charge in [0.15, 0.2) is 0 Å². The summed E-state index contributed by atoms with van der Waals surface area (Å²) >= 11 is 0. The van der Waals surface area contributed by atoms with E-state index in [2.05, 4.69) is 32.9 Å². The molecule has 0 atom stereocenters. The van der Waals surface area contributed by atoms with Gasteiger partial charge in [0, 0.05) is 50.9 Å². The van der Waals surface area contributed by atoms with Crippen molar-refractivity contribution >= 4 is 22.8 Å². The van der Waals surface area contributed by atoms with Crippen LogP contribution in [-0.4, -0.2) is 63.8 Å². The van der Waals surface area contributed by atoms with Crippen LogP contribution in [0.3, 0.4) is 0 Å². The highest BCUT2D eigenvalue weighted by molar-refractivity contribution is 6.75. The number of benzene rings is 1. The fraction of sp³-hybridized carbons (Fsp3) is 0.778. The highest BCUT2D eigenvalue weighted by Gasteiger charge is 2.43. The molecule has 0 bridgehead atoms. The van der Waals surface area contributed by atoms with Gasteiger partial charge < -0.3 is 32.3 Å². The molecule has 9 heteroatoms. The quantitative estimate of drug-likeness (QED) is 0.149. The van der Waals surface area contributed by atoms with Crippen LogP contribution < -0.4 is 10.9 Å². The molecule has 2 N–H and O–H groups in total. The molecule has 0 heterocycles. The van der Waals surface area contributed by atoms with E-state index in [1.165, 1.54) is 0 Å². The zero-order valence-electron chi connectivity index (χ0n) is 24.0. The Bertz CT molecular complexity index is 553. The second-order valence-electron chi connectivity index (χ2n) is 8.40. The van der Waals surface area contributed by atoms with Crippen molar-refractivity contribution in [3.8, 4) is 0 Å². The van der Waals surface area contributed by atoms with E-state index in [0.717, 1.165) is 56.2 Å². The van der Waals surface area contributed by atoms with E-state index in [4.69, 9.17) is 32.3 Å². The Morgan fingerprint density at radius 2 is 1.00 bits per heavy atom. The van der Waals surface area contributed by atoms with Crippen LogP contribution in [0.5, 0.6) is 0 Å². The van der Waals surface area contributed by atoms with Crippen LogP contribution >= 0.6 is 0 Å². The summed E-state index contributed by atoms with van der Waals surface area (Å²) in [7, 11) is -5.18. The molecule has 0 radical (unpaired) electrons. The molecule has 0 spiro atoms. The fourth-order valence-corrected chi connectivity index (χ4v) is 8.62. The first-order valence-electron chi connectivity index (χ1n) is 14.1. The van der Waals surface area contributed by atoms with Gasteiger partial charge in [-0.25, -0.2) is 0 Å².